The van der Waals surface area contributed by atoms with Crippen LogP contribution in [0.3, 0.4) is 0 Å². The topological polar surface area (TPSA) is 83.6 Å². The minimum absolute atomic E-state index is 0.0432. The number of hydrogen-bond donors (Lipinski definition) is 1. The SMILES string of the molecule is CC(c1ccc(Cl)cc1Cl)N(C)S(=O)(=O)c1ccc2c(c1)C(=O)NC2=O. The first-order chi connectivity index (χ1) is 12.1. The summed E-state index contributed by atoms with van der Waals surface area (Å²) in [5.41, 5.74) is 0.795. The Kier molecular flexibility index (Phi) is 4.83. The second-order valence-corrected chi connectivity index (χ2v) is 8.69. The third kappa shape index (κ3) is 3.12. The summed E-state index contributed by atoms with van der Waals surface area (Å²) in [6, 6.07) is 8.10. The predicted molar refractivity (Wildman–Crippen MR) is 98.1 cm³/mol. The Morgan fingerprint density at radius 3 is 2.31 bits per heavy atom. The van der Waals surface area contributed by atoms with E-state index in [1.54, 1.807) is 25.1 Å². The van der Waals surface area contributed by atoms with Gasteiger partial charge in [0.2, 0.25) is 10.0 Å². The van der Waals surface area contributed by atoms with Crippen molar-refractivity contribution in [3.8, 4) is 0 Å². The maximum Gasteiger partial charge on any atom is 0.258 e. The van der Waals surface area contributed by atoms with Crippen LogP contribution in [0.15, 0.2) is 41.3 Å². The lowest BCUT2D eigenvalue weighted by Crippen LogP contribution is -2.30. The van der Waals surface area contributed by atoms with Gasteiger partial charge in [-0.05, 0) is 42.8 Å². The number of hydrogen-bond acceptors (Lipinski definition) is 4. The summed E-state index contributed by atoms with van der Waals surface area (Å²) in [4.78, 5) is 23.3. The molecule has 1 unspecified atom stereocenters. The number of amides is 2. The van der Waals surface area contributed by atoms with Gasteiger partial charge in [0, 0.05) is 23.1 Å². The van der Waals surface area contributed by atoms with Crippen LogP contribution in [0.5, 0.6) is 0 Å². The molecule has 1 aliphatic rings. The van der Waals surface area contributed by atoms with Gasteiger partial charge < -0.3 is 0 Å². The molecule has 9 heteroatoms. The molecule has 2 aromatic carbocycles. The lowest BCUT2D eigenvalue weighted by atomic mass is 10.1. The van der Waals surface area contributed by atoms with E-state index < -0.39 is 27.9 Å². The van der Waals surface area contributed by atoms with Crippen LogP contribution in [0.4, 0.5) is 0 Å². The standard InChI is InChI=1S/C17H14Cl2N2O4S/c1-9(12-5-3-10(18)7-15(12)19)21(2)26(24,25)11-4-6-13-14(8-11)17(23)20-16(13)22/h3-9H,1-2H3,(H,20,22,23). The molecule has 2 aromatic rings. The average Bonchev–Trinajstić information content (AvgIpc) is 2.87. The molecule has 2 amide bonds. The molecule has 6 nitrogen and oxygen atoms in total. The van der Waals surface area contributed by atoms with Gasteiger partial charge in [-0.2, -0.15) is 4.31 Å². The van der Waals surface area contributed by atoms with Crippen molar-refractivity contribution in [1.82, 2.24) is 9.62 Å². The Hall–Kier alpha value is -1.93. The zero-order valence-electron chi connectivity index (χ0n) is 13.8. The molecule has 0 bridgehead atoms. The van der Waals surface area contributed by atoms with Crippen molar-refractivity contribution in [2.24, 2.45) is 0 Å². The number of sulfonamides is 1. The van der Waals surface area contributed by atoms with Crippen molar-refractivity contribution in [2.45, 2.75) is 17.9 Å². The van der Waals surface area contributed by atoms with E-state index in [0.29, 0.717) is 15.6 Å². The van der Waals surface area contributed by atoms with E-state index in [0.717, 1.165) is 4.31 Å². The molecule has 0 saturated carbocycles. The van der Waals surface area contributed by atoms with Gasteiger partial charge in [0.15, 0.2) is 0 Å². The van der Waals surface area contributed by atoms with Crippen LogP contribution >= 0.6 is 23.2 Å². The van der Waals surface area contributed by atoms with Crippen LogP contribution < -0.4 is 5.32 Å². The van der Waals surface area contributed by atoms with Gasteiger partial charge in [-0.15, -0.1) is 0 Å². The van der Waals surface area contributed by atoms with Crippen molar-refractivity contribution in [1.29, 1.82) is 0 Å². The predicted octanol–water partition coefficient (Wildman–Crippen LogP) is 3.26. The number of fused-ring (bicyclic) bond motifs is 1. The molecule has 0 aliphatic carbocycles. The normalized spacial score (nSPS) is 15.1. The summed E-state index contributed by atoms with van der Waals surface area (Å²) in [6.45, 7) is 1.69. The van der Waals surface area contributed by atoms with Crippen LogP contribution in [0.1, 0.15) is 39.2 Å². The zero-order valence-corrected chi connectivity index (χ0v) is 16.1. The number of rotatable bonds is 4. The summed E-state index contributed by atoms with van der Waals surface area (Å²) in [5.74, 6) is -1.15. The quantitative estimate of drug-likeness (QED) is 0.780. The highest BCUT2D eigenvalue weighted by Crippen LogP contribution is 2.32. The zero-order chi connectivity index (χ0) is 19.2. The second-order valence-electron chi connectivity index (χ2n) is 5.85. The van der Waals surface area contributed by atoms with Crippen molar-refractivity contribution >= 4 is 45.0 Å². The molecule has 0 aromatic heterocycles. The van der Waals surface area contributed by atoms with Gasteiger partial charge >= 0.3 is 0 Å². The smallest absolute Gasteiger partial charge is 0.258 e. The Labute approximate surface area is 160 Å². The second kappa shape index (κ2) is 6.66. The number of benzene rings is 2. The summed E-state index contributed by atoms with van der Waals surface area (Å²) < 4.78 is 27.1. The van der Waals surface area contributed by atoms with Gasteiger partial charge in [0.05, 0.1) is 16.0 Å². The Balaban J connectivity index is 1.99. The molecule has 3 rings (SSSR count). The highest BCUT2D eigenvalue weighted by atomic mass is 35.5. The van der Waals surface area contributed by atoms with Gasteiger partial charge in [-0.1, -0.05) is 29.3 Å². The van der Waals surface area contributed by atoms with Gasteiger partial charge in [0.1, 0.15) is 0 Å². The van der Waals surface area contributed by atoms with E-state index >= 15 is 0 Å². The number of nitrogens with one attached hydrogen (secondary N) is 1. The van der Waals surface area contributed by atoms with Gasteiger partial charge in [0.25, 0.3) is 11.8 Å². The van der Waals surface area contributed by atoms with Gasteiger partial charge in [-0.3, -0.25) is 14.9 Å². The molecule has 1 N–H and O–H groups in total. The van der Waals surface area contributed by atoms with Crippen molar-refractivity contribution < 1.29 is 18.0 Å². The first-order valence-electron chi connectivity index (χ1n) is 7.55. The Morgan fingerprint density at radius 1 is 1.00 bits per heavy atom. The highest BCUT2D eigenvalue weighted by Gasteiger charge is 2.32. The third-order valence-corrected chi connectivity index (χ3v) is 6.83. The van der Waals surface area contributed by atoms with E-state index in [-0.39, 0.29) is 16.0 Å². The van der Waals surface area contributed by atoms with E-state index in [9.17, 15) is 18.0 Å². The molecule has 136 valence electrons. The number of imide groups is 1. The van der Waals surface area contributed by atoms with Gasteiger partial charge in [-0.25, -0.2) is 8.42 Å². The van der Waals surface area contributed by atoms with E-state index in [2.05, 4.69) is 5.32 Å². The van der Waals surface area contributed by atoms with Crippen molar-refractivity contribution in [3.05, 3.63) is 63.1 Å². The molecule has 0 fully saturated rings. The lowest BCUT2D eigenvalue weighted by molar-refractivity contribution is 0.0879. The summed E-state index contributed by atoms with van der Waals surface area (Å²) in [5, 5.41) is 2.94. The van der Waals surface area contributed by atoms with Crippen LogP contribution in [0.25, 0.3) is 0 Å². The Bertz CT molecular complexity index is 1040. The molecule has 1 aliphatic heterocycles. The Morgan fingerprint density at radius 2 is 1.65 bits per heavy atom. The van der Waals surface area contributed by atoms with Crippen LogP contribution in [0.2, 0.25) is 10.0 Å². The van der Waals surface area contributed by atoms with Crippen molar-refractivity contribution in [3.63, 3.8) is 0 Å². The lowest BCUT2D eigenvalue weighted by Gasteiger charge is -2.25. The summed E-state index contributed by atoms with van der Waals surface area (Å²) in [6.07, 6.45) is 0. The molecule has 1 heterocycles. The maximum atomic E-state index is 13.0. The number of carbonyl (C=O) groups is 2. The molecule has 26 heavy (non-hydrogen) atoms. The highest BCUT2D eigenvalue weighted by molar-refractivity contribution is 7.89. The third-order valence-electron chi connectivity index (χ3n) is 4.34. The molecule has 0 saturated heterocycles. The van der Waals surface area contributed by atoms with E-state index in [1.807, 2.05) is 0 Å². The van der Waals surface area contributed by atoms with Crippen molar-refractivity contribution in [2.75, 3.05) is 7.05 Å². The largest absolute Gasteiger partial charge is 0.288 e. The first kappa shape index (κ1) is 18.8. The minimum atomic E-state index is -3.93. The van der Waals surface area contributed by atoms with Crippen LogP contribution in [0, 0.1) is 0 Å². The molecule has 1 atom stereocenters. The molecule has 0 spiro atoms. The number of carbonyl (C=O) groups excluding carboxylic acids is 2. The number of nitrogens with zero attached hydrogens (tertiary/aromatic N) is 1. The fourth-order valence-electron chi connectivity index (χ4n) is 2.72. The van der Waals surface area contributed by atoms with E-state index in [1.165, 1.54) is 25.2 Å². The van der Waals surface area contributed by atoms with E-state index in [4.69, 9.17) is 23.2 Å². The fourth-order valence-corrected chi connectivity index (χ4v) is 4.65. The summed E-state index contributed by atoms with van der Waals surface area (Å²) >= 11 is 12.1. The molecule has 0 radical (unpaired) electrons. The van der Waals surface area contributed by atoms with Crippen LogP contribution in [-0.2, 0) is 10.0 Å². The maximum absolute atomic E-state index is 13.0. The fraction of sp³-hybridized carbons (Fsp3) is 0.176. The van der Waals surface area contributed by atoms with Crippen LogP contribution in [-0.4, -0.2) is 31.6 Å². The monoisotopic (exact) mass is 412 g/mol. The minimum Gasteiger partial charge on any atom is -0.288 e. The first-order valence-corrected chi connectivity index (χ1v) is 9.75. The number of halogens is 2. The molecular weight excluding hydrogens is 399 g/mol. The summed E-state index contributed by atoms with van der Waals surface area (Å²) in [7, 11) is -2.51. The molecular formula is C17H14Cl2N2O4S. The average molecular weight is 413 g/mol.